The first kappa shape index (κ1) is 26.7. The van der Waals surface area contributed by atoms with Crippen LogP contribution in [-0.4, -0.2) is 42.4 Å². The molecule has 0 saturated heterocycles. The molecule has 1 aromatic heterocycles. The van der Waals surface area contributed by atoms with Gasteiger partial charge in [-0.25, -0.2) is 4.79 Å². The van der Waals surface area contributed by atoms with Gasteiger partial charge in [-0.1, -0.05) is 39.2 Å². The summed E-state index contributed by atoms with van der Waals surface area (Å²) < 4.78 is 17.4. The highest BCUT2D eigenvalue weighted by Gasteiger charge is 2.55. The average Bonchev–Trinajstić information content (AvgIpc) is 3.15. The molecule has 0 saturated carbocycles. The Morgan fingerprint density at radius 1 is 1.03 bits per heavy atom. The lowest BCUT2D eigenvalue weighted by Gasteiger charge is -2.38. The van der Waals surface area contributed by atoms with Gasteiger partial charge in [-0.15, -0.1) is 0 Å². The second-order valence-electron chi connectivity index (χ2n) is 10.1. The van der Waals surface area contributed by atoms with Crippen LogP contribution >= 0.6 is 0 Å². The second-order valence-corrected chi connectivity index (χ2v) is 10.1. The van der Waals surface area contributed by atoms with Crippen molar-refractivity contribution in [3.63, 3.8) is 0 Å². The van der Waals surface area contributed by atoms with Gasteiger partial charge in [-0.2, -0.15) is 0 Å². The molecule has 0 amide bonds. The summed E-state index contributed by atoms with van der Waals surface area (Å²) in [5.41, 5.74) is -0.826. The molecule has 1 aliphatic carbocycles. The zero-order valence-electron chi connectivity index (χ0n) is 21.1. The molecule has 184 valence electrons. The summed E-state index contributed by atoms with van der Waals surface area (Å²) >= 11 is 0. The van der Waals surface area contributed by atoms with E-state index in [1.807, 2.05) is 46.8 Å². The predicted molar refractivity (Wildman–Crippen MR) is 127 cm³/mol. The quantitative estimate of drug-likeness (QED) is 0.326. The SMILES string of the molecule is COC(=O)C1(C(=O)OC)CCCCCC/C=C\c2cc(cn2C(=O)OC(C)(C)C)C1C(C)C. The van der Waals surface area contributed by atoms with E-state index in [-0.39, 0.29) is 5.92 Å². The van der Waals surface area contributed by atoms with Crippen molar-refractivity contribution >= 4 is 24.1 Å². The Morgan fingerprint density at radius 2 is 1.64 bits per heavy atom. The number of esters is 2. The third-order valence-corrected chi connectivity index (χ3v) is 6.10. The number of hydrogen-bond acceptors (Lipinski definition) is 6. The van der Waals surface area contributed by atoms with Gasteiger partial charge in [0, 0.05) is 12.1 Å². The molecule has 0 spiro atoms. The number of allylic oxidation sites excluding steroid dienone is 1. The highest BCUT2D eigenvalue weighted by Crippen LogP contribution is 2.48. The summed E-state index contributed by atoms with van der Waals surface area (Å²) in [7, 11) is 2.59. The number of methoxy groups -OCH3 is 2. The Bertz CT molecular complexity index is 858. The number of nitrogens with zero attached hydrogens (tertiary/aromatic N) is 1. The van der Waals surface area contributed by atoms with E-state index in [0.29, 0.717) is 24.1 Å². The summed E-state index contributed by atoms with van der Waals surface area (Å²) in [5.74, 6) is -1.87. The molecular weight excluding hydrogens is 422 g/mol. The number of fused-ring (bicyclic) bond motifs is 2. The highest BCUT2D eigenvalue weighted by atomic mass is 16.6. The number of carbonyl (C=O) groups excluding carboxylic acids is 3. The monoisotopic (exact) mass is 461 g/mol. The first-order valence-corrected chi connectivity index (χ1v) is 11.8. The predicted octanol–water partition coefficient (Wildman–Crippen LogP) is 5.71. The van der Waals surface area contributed by atoms with Crippen LogP contribution in [0.25, 0.3) is 6.08 Å². The van der Waals surface area contributed by atoms with E-state index in [0.717, 1.165) is 25.7 Å². The number of ether oxygens (including phenoxy) is 3. The van der Waals surface area contributed by atoms with Crippen molar-refractivity contribution < 1.29 is 28.6 Å². The lowest BCUT2D eigenvalue weighted by molar-refractivity contribution is -0.173. The molecule has 1 heterocycles. The fourth-order valence-electron chi connectivity index (χ4n) is 4.79. The van der Waals surface area contributed by atoms with E-state index in [1.54, 1.807) is 6.20 Å². The lowest BCUT2D eigenvalue weighted by Crippen LogP contribution is -2.47. The van der Waals surface area contributed by atoms with Crippen LogP contribution in [-0.2, 0) is 23.8 Å². The van der Waals surface area contributed by atoms with Crippen molar-refractivity contribution in [3.05, 3.63) is 29.6 Å². The van der Waals surface area contributed by atoms with Crippen LogP contribution in [0, 0.1) is 11.3 Å². The van der Waals surface area contributed by atoms with Crippen LogP contribution in [0.4, 0.5) is 4.79 Å². The summed E-state index contributed by atoms with van der Waals surface area (Å²) in [6, 6.07) is 1.86. The first-order chi connectivity index (χ1) is 15.5. The number of carbonyl (C=O) groups is 3. The molecule has 1 aliphatic rings. The van der Waals surface area contributed by atoms with Gasteiger partial charge in [-0.05, 0) is 63.7 Å². The van der Waals surface area contributed by atoms with Gasteiger partial charge in [0.15, 0.2) is 5.41 Å². The minimum absolute atomic E-state index is 0.111. The number of rotatable bonds is 3. The topological polar surface area (TPSA) is 83.8 Å². The van der Waals surface area contributed by atoms with Gasteiger partial charge in [0.25, 0.3) is 0 Å². The molecular formula is C26H39NO6. The summed E-state index contributed by atoms with van der Waals surface area (Å²) in [6.07, 6.45) is 9.87. The van der Waals surface area contributed by atoms with Crippen LogP contribution in [0.15, 0.2) is 18.3 Å². The Balaban J connectivity index is 2.76. The first-order valence-electron chi connectivity index (χ1n) is 11.8. The Labute approximate surface area is 197 Å². The molecule has 2 bridgehead atoms. The standard InChI is InChI=1S/C26H39NO6/c1-18(2)21-19-16-20(27(17-19)24(30)33-25(3,4)5)14-12-10-8-9-11-13-15-26(21,22(28)31-6)23(29)32-7/h12,14,16-18,21H,8-11,13,15H2,1-7H3/b14-12-. The fraction of sp³-hybridized carbons (Fsp3) is 0.654. The highest BCUT2D eigenvalue weighted by molar-refractivity contribution is 6.01. The van der Waals surface area contributed by atoms with E-state index in [4.69, 9.17) is 14.2 Å². The lowest BCUT2D eigenvalue weighted by atomic mass is 9.64. The normalized spacial score (nSPS) is 20.1. The second kappa shape index (κ2) is 11.0. The molecule has 0 radical (unpaired) electrons. The van der Waals surface area contributed by atoms with E-state index in [1.165, 1.54) is 18.8 Å². The average molecular weight is 462 g/mol. The van der Waals surface area contributed by atoms with Crippen molar-refractivity contribution in [3.8, 4) is 0 Å². The molecule has 0 aliphatic heterocycles. The van der Waals surface area contributed by atoms with Crippen molar-refractivity contribution in [2.24, 2.45) is 11.3 Å². The molecule has 7 heteroatoms. The zero-order valence-corrected chi connectivity index (χ0v) is 21.1. The summed E-state index contributed by atoms with van der Waals surface area (Å²) in [5, 5.41) is 0. The van der Waals surface area contributed by atoms with E-state index < -0.39 is 35.0 Å². The van der Waals surface area contributed by atoms with Crippen LogP contribution in [0.3, 0.4) is 0 Å². The third-order valence-electron chi connectivity index (χ3n) is 6.10. The molecule has 0 aromatic carbocycles. The third kappa shape index (κ3) is 6.06. The van der Waals surface area contributed by atoms with Crippen LogP contribution in [0.5, 0.6) is 0 Å². The van der Waals surface area contributed by atoms with Gasteiger partial charge in [0.2, 0.25) is 0 Å². The molecule has 33 heavy (non-hydrogen) atoms. The molecule has 0 N–H and O–H groups in total. The molecule has 2 rings (SSSR count). The Morgan fingerprint density at radius 3 is 2.18 bits per heavy atom. The fourth-order valence-corrected chi connectivity index (χ4v) is 4.79. The van der Waals surface area contributed by atoms with Crippen LogP contribution < -0.4 is 0 Å². The van der Waals surface area contributed by atoms with E-state index >= 15 is 0 Å². The number of aromatic nitrogens is 1. The van der Waals surface area contributed by atoms with Gasteiger partial charge in [0.1, 0.15) is 5.60 Å². The molecule has 1 unspecified atom stereocenters. The largest absolute Gasteiger partial charge is 0.468 e. The van der Waals surface area contributed by atoms with Gasteiger partial charge >= 0.3 is 18.0 Å². The van der Waals surface area contributed by atoms with E-state index in [2.05, 4.69) is 6.08 Å². The van der Waals surface area contributed by atoms with Crippen molar-refractivity contribution in [2.75, 3.05) is 14.2 Å². The maximum Gasteiger partial charge on any atom is 0.418 e. The van der Waals surface area contributed by atoms with Crippen molar-refractivity contribution in [2.45, 2.75) is 84.7 Å². The van der Waals surface area contributed by atoms with Gasteiger partial charge in [0.05, 0.1) is 19.9 Å². The maximum absolute atomic E-state index is 13.3. The van der Waals surface area contributed by atoms with Crippen molar-refractivity contribution in [1.82, 2.24) is 4.57 Å². The Kier molecular flexibility index (Phi) is 8.92. The van der Waals surface area contributed by atoms with Crippen LogP contribution in [0.1, 0.15) is 90.3 Å². The Hall–Kier alpha value is -2.57. The molecule has 0 fully saturated rings. The smallest absolute Gasteiger partial charge is 0.418 e. The zero-order chi connectivity index (χ0) is 24.8. The minimum Gasteiger partial charge on any atom is -0.468 e. The van der Waals surface area contributed by atoms with E-state index in [9.17, 15) is 14.4 Å². The van der Waals surface area contributed by atoms with Gasteiger partial charge < -0.3 is 14.2 Å². The summed E-state index contributed by atoms with van der Waals surface area (Å²) in [6.45, 7) is 9.36. The minimum atomic E-state index is -1.51. The molecule has 1 aromatic rings. The number of hydrogen-bond donors (Lipinski definition) is 0. The van der Waals surface area contributed by atoms with Crippen molar-refractivity contribution in [1.29, 1.82) is 0 Å². The molecule has 1 atom stereocenters. The van der Waals surface area contributed by atoms with Crippen LogP contribution in [0.2, 0.25) is 0 Å². The maximum atomic E-state index is 13.3. The molecule has 7 nitrogen and oxygen atoms in total. The summed E-state index contributed by atoms with van der Waals surface area (Å²) in [4.78, 5) is 39.6. The van der Waals surface area contributed by atoms with Gasteiger partial charge in [-0.3, -0.25) is 14.2 Å².